The molecule has 0 spiro atoms. The second-order valence-electron chi connectivity index (χ2n) is 7.30. The van der Waals surface area contributed by atoms with Crippen LogP contribution in [0.25, 0.3) is 5.78 Å². The van der Waals surface area contributed by atoms with E-state index in [2.05, 4.69) is 21.1 Å². The van der Waals surface area contributed by atoms with Gasteiger partial charge in [-0.15, -0.1) is 5.10 Å². The third-order valence-electron chi connectivity index (χ3n) is 4.85. The Morgan fingerprint density at radius 2 is 1.68 bits per heavy atom. The molecule has 0 aliphatic heterocycles. The third kappa shape index (κ3) is 3.98. The van der Waals surface area contributed by atoms with Crippen molar-refractivity contribution in [1.29, 1.82) is 5.26 Å². The molecule has 0 saturated carbocycles. The molecule has 8 nitrogen and oxygen atoms in total. The number of hydrogen-bond donors (Lipinski definition) is 0. The first-order valence-corrected chi connectivity index (χ1v) is 11.0. The van der Waals surface area contributed by atoms with Crippen LogP contribution in [0, 0.1) is 32.1 Å². The van der Waals surface area contributed by atoms with Gasteiger partial charge in [0, 0.05) is 11.4 Å². The first kappa shape index (κ1) is 20.5. The van der Waals surface area contributed by atoms with Crippen molar-refractivity contribution in [2.75, 3.05) is 4.31 Å². The molecule has 0 N–H and O–H groups in total. The highest BCUT2D eigenvalue weighted by Gasteiger charge is 2.29. The highest BCUT2D eigenvalue weighted by Crippen LogP contribution is 2.24. The minimum absolute atomic E-state index is 0.0107. The molecule has 0 fully saturated rings. The lowest BCUT2D eigenvalue weighted by molar-refractivity contribution is 0.589. The first-order chi connectivity index (χ1) is 14.8. The van der Waals surface area contributed by atoms with Gasteiger partial charge in [-0.3, -0.25) is 0 Å². The zero-order valence-corrected chi connectivity index (χ0v) is 18.1. The Kier molecular flexibility index (Phi) is 5.17. The van der Waals surface area contributed by atoms with E-state index in [1.54, 1.807) is 48.5 Å². The van der Waals surface area contributed by atoms with Gasteiger partial charge in [-0.1, -0.05) is 29.8 Å². The van der Waals surface area contributed by atoms with E-state index in [0.29, 0.717) is 16.9 Å². The van der Waals surface area contributed by atoms with E-state index >= 15 is 0 Å². The van der Waals surface area contributed by atoms with E-state index in [-0.39, 0.29) is 17.4 Å². The minimum atomic E-state index is -3.95. The Morgan fingerprint density at radius 3 is 2.32 bits per heavy atom. The third-order valence-corrected chi connectivity index (χ3v) is 6.59. The lowest BCUT2D eigenvalue weighted by Gasteiger charge is -2.21. The van der Waals surface area contributed by atoms with Crippen LogP contribution in [0.3, 0.4) is 0 Å². The lowest BCUT2D eigenvalue weighted by atomic mass is 10.1. The van der Waals surface area contributed by atoms with E-state index in [1.807, 2.05) is 26.8 Å². The van der Waals surface area contributed by atoms with Gasteiger partial charge in [-0.25, -0.2) is 17.7 Å². The molecule has 4 aromatic rings. The second kappa shape index (κ2) is 7.81. The van der Waals surface area contributed by atoms with Gasteiger partial charge in [0.2, 0.25) is 0 Å². The van der Waals surface area contributed by atoms with Gasteiger partial charge in [0.05, 0.1) is 23.1 Å². The average molecular weight is 433 g/mol. The van der Waals surface area contributed by atoms with Crippen molar-refractivity contribution in [2.24, 2.45) is 0 Å². The monoisotopic (exact) mass is 432 g/mol. The topological polar surface area (TPSA) is 104 Å². The molecule has 31 heavy (non-hydrogen) atoms. The number of fused-ring (bicyclic) bond motifs is 1. The number of anilines is 1. The van der Waals surface area contributed by atoms with Gasteiger partial charge in [0.25, 0.3) is 21.7 Å². The van der Waals surface area contributed by atoms with Crippen LogP contribution in [0.2, 0.25) is 0 Å². The van der Waals surface area contributed by atoms with Crippen molar-refractivity contribution in [3.8, 4) is 6.07 Å². The number of rotatable bonds is 5. The summed E-state index contributed by atoms with van der Waals surface area (Å²) in [7, 11) is -3.95. The Bertz CT molecular complexity index is 1400. The van der Waals surface area contributed by atoms with Crippen LogP contribution >= 0.6 is 0 Å². The highest BCUT2D eigenvalue weighted by atomic mass is 32.2. The fourth-order valence-electron chi connectivity index (χ4n) is 3.21. The molecule has 0 aliphatic carbocycles. The fourth-order valence-corrected chi connectivity index (χ4v) is 4.56. The number of aromatic nitrogens is 4. The minimum Gasteiger partial charge on any atom is -0.228 e. The molecule has 0 amide bonds. The summed E-state index contributed by atoms with van der Waals surface area (Å²) in [6.07, 6.45) is 0. The molecule has 9 heteroatoms. The van der Waals surface area contributed by atoms with Crippen molar-refractivity contribution < 1.29 is 8.42 Å². The Morgan fingerprint density at radius 1 is 1.00 bits per heavy atom. The number of sulfonamides is 1. The number of hydrogen-bond acceptors (Lipinski definition) is 6. The SMILES string of the molecule is Cc1ccc(S(=O)(=O)N(Cc2ccc(C#N)cc2)c2nc3nc(C)cc(C)n3n2)cc1. The molecule has 0 atom stereocenters. The Balaban J connectivity index is 1.85. The molecule has 2 aromatic carbocycles. The summed E-state index contributed by atoms with van der Waals surface area (Å²) in [6, 6.07) is 17.3. The molecule has 0 saturated heterocycles. The standard InChI is InChI=1S/C22H20N6O2S/c1-15-4-10-20(11-5-15)31(29,30)27(14-19-8-6-18(13-23)7-9-19)22-25-21-24-16(2)12-17(3)28(21)26-22/h4-12H,14H2,1-3H3. The average Bonchev–Trinajstić information content (AvgIpc) is 3.16. The zero-order chi connectivity index (χ0) is 22.2. The Labute approximate surface area is 180 Å². The van der Waals surface area contributed by atoms with Gasteiger partial charge in [0.15, 0.2) is 0 Å². The smallest absolute Gasteiger partial charge is 0.228 e. The van der Waals surface area contributed by atoms with Gasteiger partial charge >= 0.3 is 0 Å². The van der Waals surface area contributed by atoms with Crippen molar-refractivity contribution >= 4 is 21.7 Å². The summed E-state index contributed by atoms with van der Waals surface area (Å²) in [5, 5.41) is 13.5. The van der Waals surface area contributed by atoms with Gasteiger partial charge in [-0.05, 0) is 56.7 Å². The largest absolute Gasteiger partial charge is 0.267 e. The maximum absolute atomic E-state index is 13.6. The normalized spacial score (nSPS) is 11.4. The molecular formula is C22H20N6O2S. The maximum Gasteiger partial charge on any atom is 0.267 e. The van der Waals surface area contributed by atoms with E-state index in [0.717, 1.165) is 17.0 Å². The van der Waals surface area contributed by atoms with Crippen LogP contribution in [0.5, 0.6) is 0 Å². The number of nitrogens with zero attached hydrogens (tertiary/aromatic N) is 6. The molecule has 0 bridgehead atoms. The fraction of sp³-hybridized carbons (Fsp3) is 0.182. The first-order valence-electron chi connectivity index (χ1n) is 9.57. The highest BCUT2D eigenvalue weighted by molar-refractivity contribution is 7.92. The molecule has 0 unspecified atom stereocenters. The summed E-state index contributed by atoms with van der Waals surface area (Å²) >= 11 is 0. The molecule has 156 valence electrons. The van der Waals surface area contributed by atoms with E-state index < -0.39 is 10.0 Å². The molecule has 0 radical (unpaired) electrons. The van der Waals surface area contributed by atoms with Crippen LogP contribution < -0.4 is 4.31 Å². The summed E-state index contributed by atoms with van der Waals surface area (Å²) in [5.74, 6) is 0.363. The van der Waals surface area contributed by atoms with Gasteiger partial charge < -0.3 is 0 Å². The van der Waals surface area contributed by atoms with Crippen molar-refractivity contribution in [3.63, 3.8) is 0 Å². The zero-order valence-electron chi connectivity index (χ0n) is 17.3. The molecule has 4 rings (SSSR count). The predicted octanol–water partition coefficient (Wildman–Crippen LogP) is 3.32. The van der Waals surface area contributed by atoms with Crippen molar-refractivity contribution in [3.05, 3.63) is 82.7 Å². The number of nitriles is 1. The van der Waals surface area contributed by atoms with E-state index in [4.69, 9.17) is 5.26 Å². The van der Waals surface area contributed by atoms with Crippen LogP contribution in [0.15, 0.2) is 59.5 Å². The summed E-state index contributed by atoms with van der Waals surface area (Å²) in [4.78, 5) is 8.92. The maximum atomic E-state index is 13.6. The molecule has 2 aromatic heterocycles. The summed E-state index contributed by atoms with van der Waals surface area (Å²) in [5.41, 5.74) is 3.72. The lowest BCUT2D eigenvalue weighted by Crippen LogP contribution is -2.31. The molecule has 2 heterocycles. The van der Waals surface area contributed by atoms with Crippen LogP contribution in [0.1, 0.15) is 28.1 Å². The number of aryl methyl sites for hydroxylation is 3. The second-order valence-corrected chi connectivity index (χ2v) is 9.16. The van der Waals surface area contributed by atoms with Crippen molar-refractivity contribution in [2.45, 2.75) is 32.2 Å². The van der Waals surface area contributed by atoms with Crippen LogP contribution in [-0.2, 0) is 16.6 Å². The van der Waals surface area contributed by atoms with E-state index in [9.17, 15) is 8.42 Å². The van der Waals surface area contributed by atoms with E-state index in [1.165, 1.54) is 8.82 Å². The Hall–Kier alpha value is -3.77. The quantitative estimate of drug-likeness (QED) is 0.479. The van der Waals surface area contributed by atoms with Crippen LogP contribution in [-0.4, -0.2) is 28.0 Å². The van der Waals surface area contributed by atoms with Gasteiger partial charge in [-0.2, -0.15) is 14.8 Å². The van der Waals surface area contributed by atoms with Crippen LogP contribution in [0.4, 0.5) is 5.95 Å². The summed E-state index contributed by atoms with van der Waals surface area (Å²) < 4.78 is 29.8. The van der Waals surface area contributed by atoms with Gasteiger partial charge in [0.1, 0.15) is 0 Å². The molecule has 0 aliphatic rings. The predicted molar refractivity (Wildman–Crippen MR) is 116 cm³/mol. The van der Waals surface area contributed by atoms with Crippen molar-refractivity contribution in [1.82, 2.24) is 19.6 Å². The number of benzene rings is 2. The summed E-state index contributed by atoms with van der Waals surface area (Å²) in [6.45, 7) is 5.61. The molecular weight excluding hydrogens is 412 g/mol.